The summed E-state index contributed by atoms with van der Waals surface area (Å²) in [5, 5.41) is 23.4. The van der Waals surface area contributed by atoms with E-state index >= 15 is 0 Å². The Kier molecular flexibility index (Phi) is 4.44. The zero-order chi connectivity index (χ0) is 16.6. The number of aliphatic hydroxyl groups excluding tert-OH is 2. The van der Waals surface area contributed by atoms with Crippen molar-refractivity contribution in [2.45, 2.75) is 37.9 Å². The molecule has 0 unspecified atom stereocenters. The van der Waals surface area contributed by atoms with Gasteiger partial charge in [0.05, 0.1) is 12.9 Å². The van der Waals surface area contributed by atoms with Crippen molar-refractivity contribution in [3.8, 4) is 0 Å². The van der Waals surface area contributed by atoms with E-state index < -0.39 is 24.5 Å². The first-order valence-corrected chi connectivity index (χ1v) is 7.52. The van der Waals surface area contributed by atoms with Gasteiger partial charge in [-0.05, 0) is 0 Å². The first-order valence-electron chi connectivity index (χ1n) is 7.52. The van der Waals surface area contributed by atoms with Crippen molar-refractivity contribution in [2.75, 3.05) is 26.1 Å². The second kappa shape index (κ2) is 6.36. The molecule has 0 aliphatic carbocycles. The summed E-state index contributed by atoms with van der Waals surface area (Å²) in [4.78, 5) is 13.2. The second-order valence-corrected chi connectivity index (χ2v) is 5.42. The summed E-state index contributed by atoms with van der Waals surface area (Å²) < 4.78 is 12.4. The third kappa shape index (κ3) is 2.65. The summed E-state index contributed by atoms with van der Waals surface area (Å²) in [7, 11) is 3.28. The standard InChI is InChI=1S/C14H21N5O4/c1-4-8-17-12(15-2)9-13(18-8)19(6-16-9)14-11(21)10(20)7(23-14)5-22-3/h6-7,10-11,14,20-21H,4-5H2,1-3H3,(H,15,17,18)/t7-,10-,11-,14-/m1/s1. The van der Waals surface area contributed by atoms with E-state index in [1.54, 1.807) is 11.6 Å². The van der Waals surface area contributed by atoms with Gasteiger partial charge in [-0.2, -0.15) is 0 Å². The van der Waals surface area contributed by atoms with Gasteiger partial charge in [0.25, 0.3) is 0 Å². The lowest BCUT2D eigenvalue weighted by Crippen LogP contribution is -2.33. The van der Waals surface area contributed by atoms with Crippen molar-refractivity contribution in [1.82, 2.24) is 19.5 Å². The molecule has 4 atom stereocenters. The van der Waals surface area contributed by atoms with Gasteiger partial charge in [-0.3, -0.25) is 4.57 Å². The van der Waals surface area contributed by atoms with Crippen LogP contribution in [0.2, 0.25) is 0 Å². The maximum absolute atomic E-state index is 10.3. The van der Waals surface area contributed by atoms with Gasteiger partial charge in [0, 0.05) is 20.6 Å². The van der Waals surface area contributed by atoms with Gasteiger partial charge >= 0.3 is 0 Å². The molecule has 3 N–H and O–H groups in total. The lowest BCUT2D eigenvalue weighted by atomic mass is 10.1. The maximum atomic E-state index is 10.3. The molecule has 0 radical (unpaired) electrons. The summed E-state index contributed by atoms with van der Waals surface area (Å²) in [6.45, 7) is 2.15. The van der Waals surface area contributed by atoms with Crippen LogP contribution in [0.5, 0.6) is 0 Å². The smallest absolute Gasteiger partial charge is 0.167 e. The van der Waals surface area contributed by atoms with Crippen molar-refractivity contribution < 1.29 is 19.7 Å². The highest BCUT2D eigenvalue weighted by Gasteiger charge is 2.44. The van der Waals surface area contributed by atoms with Gasteiger partial charge in [-0.15, -0.1) is 0 Å². The monoisotopic (exact) mass is 323 g/mol. The number of aliphatic hydroxyl groups is 2. The minimum atomic E-state index is -1.09. The van der Waals surface area contributed by atoms with Crippen molar-refractivity contribution in [3.63, 3.8) is 0 Å². The van der Waals surface area contributed by atoms with E-state index in [1.165, 1.54) is 13.4 Å². The van der Waals surface area contributed by atoms with Gasteiger partial charge in [0.1, 0.15) is 24.1 Å². The molecule has 1 aliphatic rings. The molecule has 0 bridgehead atoms. The van der Waals surface area contributed by atoms with E-state index in [-0.39, 0.29) is 6.61 Å². The van der Waals surface area contributed by atoms with Gasteiger partial charge in [-0.1, -0.05) is 6.92 Å². The number of aryl methyl sites for hydroxylation is 1. The fraction of sp³-hybridized carbons (Fsp3) is 0.643. The summed E-state index contributed by atoms with van der Waals surface area (Å²) in [6, 6.07) is 0. The zero-order valence-corrected chi connectivity index (χ0v) is 13.3. The number of hydrogen-bond donors (Lipinski definition) is 3. The summed E-state index contributed by atoms with van der Waals surface area (Å²) >= 11 is 0. The van der Waals surface area contributed by atoms with Crippen molar-refractivity contribution in [1.29, 1.82) is 0 Å². The molecular weight excluding hydrogens is 302 g/mol. The molecule has 0 aromatic carbocycles. The number of nitrogens with one attached hydrogen (secondary N) is 1. The fourth-order valence-electron chi connectivity index (χ4n) is 2.74. The molecule has 126 valence electrons. The normalized spacial score (nSPS) is 27.7. The third-order valence-corrected chi connectivity index (χ3v) is 3.96. The molecule has 1 saturated heterocycles. The average molecular weight is 323 g/mol. The SMILES string of the molecule is CCc1nc(NC)c2ncn([C@@H]3O[C@H](COC)[C@@H](O)[C@H]3O)c2n1. The minimum absolute atomic E-state index is 0.193. The molecule has 0 amide bonds. The van der Waals surface area contributed by atoms with Gasteiger partial charge < -0.3 is 25.0 Å². The number of anilines is 1. The first-order chi connectivity index (χ1) is 11.1. The van der Waals surface area contributed by atoms with Crippen LogP contribution in [0.15, 0.2) is 6.33 Å². The minimum Gasteiger partial charge on any atom is -0.387 e. The molecule has 9 nitrogen and oxygen atoms in total. The highest BCUT2D eigenvalue weighted by Crippen LogP contribution is 2.32. The Hall–Kier alpha value is -1.81. The van der Waals surface area contributed by atoms with Crippen LogP contribution in [-0.2, 0) is 15.9 Å². The Balaban J connectivity index is 2.03. The van der Waals surface area contributed by atoms with E-state index in [9.17, 15) is 10.2 Å². The van der Waals surface area contributed by atoms with Crippen molar-refractivity contribution in [2.24, 2.45) is 0 Å². The van der Waals surface area contributed by atoms with E-state index in [1.807, 2.05) is 6.92 Å². The molecule has 0 spiro atoms. The zero-order valence-electron chi connectivity index (χ0n) is 13.3. The largest absolute Gasteiger partial charge is 0.387 e. The number of fused-ring (bicyclic) bond motifs is 1. The molecule has 9 heteroatoms. The van der Waals surface area contributed by atoms with Gasteiger partial charge in [0.2, 0.25) is 0 Å². The summed E-state index contributed by atoms with van der Waals surface area (Å²) in [5.41, 5.74) is 1.14. The number of ether oxygens (including phenoxy) is 2. The first kappa shape index (κ1) is 16.1. The Morgan fingerprint density at radius 1 is 1.35 bits per heavy atom. The molecule has 1 fully saturated rings. The van der Waals surface area contributed by atoms with Crippen LogP contribution in [0.3, 0.4) is 0 Å². The number of aromatic nitrogens is 4. The average Bonchev–Trinajstić information content (AvgIpc) is 3.10. The van der Waals surface area contributed by atoms with E-state index in [2.05, 4.69) is 20.3 Å². The molecule has 2 aromatic heterocycles. The predicted molar refractivity (Wildman–Crippen MR) is 82.0 cm³/mol. The molecular formula is C14H21N5O4. The van der Waals surface area contributed by atoms with Crippen LogP contribution in [0.25, 0.3) is 11.2 Å². The Morgan fingerprint density at radius 3 is 2.78 bits per heavy atom. The van der Waals surface area contributed by atoms with E-state index in [0.717, 1.165) is 0 Å². The predicted octanol–water partition coefficient (Wildman–Crippen LogP) is -0.304. The summed E-state index contributed by atoms with van der Waals surface area (Å²) in [5.74, 6) is 1.28. The number of imidazole rings is 1. The summed E-state index contributed by atoms with van der Waals surface area (Å²) in [6.07, 6.45) is -1.30. The highest BCUT2D eigenvalue weighted by atomic mass is 16.6. The molecule has 2 aromatic rings. The van der Waals surface area contributed by atoms with Crippen LogP contribution in [0, 0.1) is 0 Å². The van der Waals surface area contributed by atoms with Crippen LogP contribution in [0.1, 0.15) is 19.0 Å². The Labute approximate surface area is 133 Å². The maximum Gasteiger partial charge on any atom is 0.167 e. The van der Waals surface area contributed by atoms with Crippen LogP contribution >= 0.6 is 0 Å². The molecule has 23 heavy (non-hydrogen) atoms. The van der Waals surface area contributed by atoms with Crippen LogP contribution in [0.4, 0.5) is 5.82 Å². The van der Waals surface area contributed by atoms with E-state index in [0.29, 0.717) is 29.2 Å². The lowest BCUT2D eigenvalue weighted by Gasteiger charge is -2.17. The Morgan fingerprint density at radius 2 is 2.13 bits per heavy atom. The van der Waals surface area contributed by atoms with Crippen molar-refractivity contribution >= 4 is 17.0 Å². The number of methoxy groups -OCH3 is 1. The van der Waals surface area contributed by atoms with Crippen LogP contribution < -0.4 is 5.32 Å². The lowest BCUT2D eigenvalue weighted by molar-refractivity contribution is -0.0580. The van der Waals surface area contributed by atoms with Crippen molar-refractivity contribution in [3.05, 3.63) is 12.2 Å². The molecule has 3 heterocycles. The molecule has 0 saturated carbocycles. The Bertz CT molecular complexity index is 691. The van der Waals surface area contributed by atoms with Gasteiger partial charge in [0.15, 0.2) is 23.2 Å². The molecule has 1 aliphatic heterocycles. The highest BCUT2D eigenvalue weighted by molar-refractivity contribution is 5.83. The quantitative estimate of drug-likeness (QED) is 0.687. The third-order valence-electron chi connectivity index (χ3n) is 3.96. The number of hydrogen-bond acceptors (Lipinski definition) is 8. The van der Waals surface area contributed by atoms with E-state index in [4.69, 9.17) is 9.47 Å². The topological polar surface area (TPSA) is 115 Å². The fourth-order valence-corrected chi connectivity index (χ4v) is 2.74. The molecule has 3 rings (SSSR count). The number of nitrogens with zero attached hydrogens (tertiary/aromatic N) is 4. The van der Waals surface area contributed by atoms with Gasteiger partial charge in [-0.25, -0.2) is 15.0 Å². The number of rotatable bonds is 5. The van der Waals surface area contributed by atoms with Crippen LogP contribution in [-0.4, -0.2) is 68.8 Å². The second-order valence-electron chi connectivity index (χ2n) is 5.42.